The number of nitrogens with zero attached hydrogens (tertiary/aromatic N) is 1. The molecule has 1 unspecified atom stereocenters. The van der Waals surface area contributed by atoms with E-state index in [9.17, 15) is 9.18 Å². The molecule has 0 aliphatic carbocycles. The fourth-order valence-corrected chi connectivity index (χ4v) is 1.87. The Morgan fingerprint density at radius 2 is 2.19 bits per heavy atom. The second-order valence-corrected chi connectivity index (χ2v) is 5.17. The zero-order valence-electron chi connectivity index (χ0n) is 12.8. The van der Waals surface area contributed by atoms with E-state index < -0.39 is 5.82 Å². The van der Waals surface area contributed by atoms with Gasteiger partial charge in [-0.25, -0.2) is 4.39 Å². The van der Waals surface area contributed by atoms with Crippen molar-refractivity contribution in [3.05, 3.63) is 35.1 Å². The van der Waals surface area contributed by atoms with E-state index >= 15 is 0 Å². The Hall–Kier alpha value is -1.86. The molecule has 1 rings (SSSR count). The van der Waals surface area contributed by atoms with Crippen LogP contribution in [0.25, 0.3) is 0 Å². The van der Waals surface area contributed by atoms with Gasteiger partial charge in [-0.1, -0.05) is 32.1 Å². The third-order valence-corrected chi connectivity index (χ3v) is 3.30. The average molecular weight is 291 g/mol. The van der Waals surface area contributed by atoms with E-state index in [0.717, 1.165) is 6.42 Å². The van der Waals surface area contributed by atoms with E-state index in [1.54, 1.807) is 7.05 Å². The van der Waals surface area contributed by atoms with Crippen LogP contribution in [0, 0.1) is 23.6 Å². The third kappa shape index (κ3) is 5.20. The van der Waals surface area contributed by atoms with Crippen molar-refractivity contribution in [1.82, 2.24) is 4.90 Å². The fraction of sp³-hybridized carbons (Fsp3) is 0.471. The monoisotopic (exact) mass is 291 g/mol. The lowest BCUT2D eigenvalue weighted by atomic mass is 10.1. The zero-order valence-corrected chi connectivity index (χ0v) is 12.8. The molecule has 1 atom stereocenters. The van der Waals surface area contributed by atoms with Crippen LogP contribution in [0.5, 0.6) is 0 Å². The molecule has 0 spiro atoms. The van der Waals surface area contributed by atoms with E-state index in [1.165, 1.54) is 23.1 Å². The number of carbonyl (C=O) groups excluding carboxylic acids is 1. The van der Waals surface area contributed by atoms with Crippen molar-refractivity contribution < 1.29 is 14.3 Å². The highest BCUT2D eigenvalue weighted by molar-refractivity contribution is 5.94. The Morgan fingerprint density at radius 3 is 2.81 bits per heavy atom. The van der Waals surface area contributed by atoms with Gasteiger partial charge in [0.15, 0.2) is 0 Å². The first-order valence-corrected chi connectivity index (χ1v) is 7.14. The Balaban J connectivity index is 2.93. The third-order valence-electron chi connectivity index (χ3n) is 3.30. The lowest BCUT2D eigenvalue weighted by Gasteiger charge is -2.21. The van der Waals surface area contributed by atoms with Crippen LogP contribution >= 0.6 is 0 Å². The molecule has 0 radical (unpaired) electrons. The second kappa shape index (κ2) is 8.43. The molecule has 0 saturated heterocycles. The summed E-state index contributed by atoms with van der Waals surface area (Å²) in [6.45, 7) is 4.69. The summed E-state index contributed by atoms with van der Waals surface area (Å²) in [7, 11) is 1.68. The predicted octanol–water partition coefficient (Wildman–Crippen LogP) is 2.68. The van der Waals surface area contributed by atoms with Crippen LogP contribution in [0.1, 0.15) is 42.6 Å². The molecule has 0 aliphatic heterocycles. The van der Waals surface area contributed by atoms with Crippen LogP contribution in [0.15, 0.2) is 18.2 Å². The quantitative estimate of drug-likeness (QED) is 0.847. The minimum absolute atomic E-state index is 0.0162. The largest absolute Gasteiger partial charge is 0.395 e. The van der Waals surface area contributed by atoms with Crippen molar-refractivity contribution in [3.8, 4) is 11.8 Å². The molecule has 0 fully saturated rings. The Morgan fingerprint density at radius 1 is 1.48 bits per heavy atom. The maximum absolute atomic E-state index is 13.9. The molecule has 4 heteroatoms. The summed E-state index contributed by atoms with van der Waals surface area (Å²) in [4.78, 5) is 13.8. The molecule has 3 nitrogen and oxygen atoms in total. The number of rotatable bonds is 5. The van der Waals surface area contributed by atoms with Crippen LogP contribution in [-0.2, 0) is 0 Å². The van der Waals surface area contributed by atoms with Crippen molar-refractivity contribution >= 4 is 5.91 Å². The summed E-state index contributed by atoms with van der Waals surface area (Å²) in [6, 6.07) is 4.26. The highest BCUT2D eigenvalue weighted by Crippen LogP contribution is 2.14. The van der Waals surface area contributed by atoms with Gasteiger partial charge < -0.3 is 10.0 Å². The number of halogens is 1. The van der Waals surface area contributed by atoms with Gasteiger partial charge in [0.1, 0.15) is 5.82 Å². The normalized spacial score (nSPS) is 11.5. The van der Waals surface area contributed by atoms with E-state index in [1.807, 2.05) is 0 Å². The Labute approximate surface area is 125 Å². The number of hydrogen-bond donors (Lipinski definition) is 1. The molecule has 0 aliphatic rings. The maximum Gasteiger partial charge on any atom is 0.256 e. The summed E-state index contributed by atoms with van der Waals surface area (Å²) in [5.41, 5.74) is 0.613. The summed E-state index contributed by atoms with van der Waals surface area (Å²) in [6.07, 6.45) is 1.32. The molecule has 0 saturated carbocycles. The van der Waals surface area contributed by atoms with Crippen LogP contribution in [0.2, 0.25) is 0 Å². The van der Waals surface area contributed by atoms with Gasteiger partial charge in [0.25, 0.3) is 5.91 Å². The number of benzene rings is 1. The van der Waals surface area contributed by atoms with Crippen LogP contribution in [0.3, 0.4) is 0 Å². The van der Waals surface area contributed by atoms with Crippen molar-refractivity contribution in [3.63, 3.8) is 0 Å². The molecular formula is C17H22FNO2. The van der Waals surface area contributed by atoms with Crippen molar-refractivity contribution in [2.24, 2.45) is 5.92 Å². The van der Waals surface area contributed by atoms with Crippen molar-refractivity contribution in [2.75, 3.05) is 20.2 Å². The van der Waals surface area contributed by atoms with Gasteiger partial charge in [-0.3, -0.25) is 4.79 Å². The molecular weight excluding hydrogens is 269 g/mol. The highest BCUT2D eigenvalue weighted by atomic mass is 19.1. The smallest absolute Gasteiger partial charge is 0.256 e. The number of aliphatic hydroxyl groups is 1. The SMILES string of the molecule is CCC(C)CN(C)C(=O)c1cc(C#CCCO)ccc1F. The second-order valence-electron chi connectivity index (χ2n) is 5.17. The lowest BCUT2D eigenvalue weighted by Crippen LogP contribution is -2.31. The van der Waals surface area contributed by atoms with Crippen LogP contribution < -0.4 is 0 Å². The van der Waals surface area contributed by atoms with Crippen molar-refractivity contribution in [1.29, 1.82) is 0 Å². The molecule has 1 aromatic rings. The van der Waals surface area contributed by atoms with E-state index in [2.05, 4.69) is 25.7 Å². The topological polar surface area (TPSA) is 40.5 Å². The van der Waals surface area contributed by atoms with Gasteiger partial charge >= 0.3 is 0 Å². The first-order chi connectivity index (χ1) is 9.99. The first kappa shape index (κ1) is 17.2. The van der Waals surface area contributed by atoms with Crippen LogP contribution in [-0.4, -0.2) is 36.1 Å². The molecule has 114 valence electrons. The van der Waals surface area contributed by atoms with Gasteiger partial charge in [0, 0.05) is 25.6 Å². The highest BCUT2D eigenvalue weighted by Gasteiger charge is 2.17. The van der Waals surface area contributed by atoms with Gasteiger partial charge in [-0.05, 0) is 24.1 Å². The standard InChI is InChI=1S/C17H22FNO2/c1-4-13(2)12-19(3)17(21)15-11-14(7-5-6-10-20)8-9-16(15)18/h8-9,11,13,20H,4,6,10,12H2,1-3H3. The lowest BCUT2D eigenvalue weighted by molar-refractivity contribution is 0.0770. The van der Waals surface area contributed by atoms with Gasteiger partial charge in [0.05, 0.1) is 12.2 Å². The fourth-order valence-electron chi connectivity index (χ4n) is 1.87. The number of amides is 1. The number of hydrogen-bond acceptors (Lipinski definition) is 2. The molecule has 1 aromatic carbocycles. The number of aliphatic hydroxyl groups excluding tert-OH is 1. The zero-order chi connectivity index (χ0) is 15.8. The van der Waals surface area contributed by atoms with Crippen molar-refractivity contribution in [2.45, 2.75) is 26.7 Å². The summed E-state index contributed by atoms with van der Waals surface area (Å²) < 4.78 is 13.9. The summed E-state index contributed by atoms with van der Waals surface area (Å²) >= 11 is 0. The van der Waals surface area contributed by atoms with E-state index in [0.29, 0.717) is 24.4 Å². The van der Waals surface area contributed by atoms with Gasteiger partial charge in [0.2, 0.25) is 0 Å². The molecule has 0 heterocycles. The summed E-state index contributed by atoms with van der Waals surface area (Å²) in [5, 5.41) is 8.69. The molecule has 1 amide bonds. The van der Waals surface area contributed by atoms with Gasteiger partial charge in [-0.2, -0.15) is 0 Å². The van der Waals surface area contributed by atoms with Crippen LogP contribution in [0.4, 0.5) is 4.39 Å². The predicted molar refractivity (Wildman–Crippen MR) is 81.4 cm³/mol. The summed E-state index contributed by atoms with van der Waals surface area (Å²) in [5.74, 6) is 5.07. The first-order valence-electron chi connectivity index (χ1n) is 7.14. The number of carbonyl (C=O) groups is 1. The van der Waals surface area contributed by atoms with E-state index in [4.69, 9.17) is 5.11 Å². The Bertz CT molecular complexity index is 545. The average Bonchev–Trinajstić information content (AvgIpc) is 2.48. The minimum atomic E-state index is -0.538. The molecule has 1 N–H and O–H groups in total. The minimum Gasteiger partial charge on any atom is -0.395 e. The molecule has 0 bridgehead atoms. The maximum atomic E-state index is 13.9. The molecule has 0 aromatic heterocycles. The van der Waals surface area contributed by atoms with E-state index in [-0.39, 0.29) is 18.1 Å². The molecule has 21 heavy (non-hydrogen) atoms. The van der Waals surface area contributed by atoms with Gasteiger partial charge in [-0.15, -0.1) is 0 Å². The Kier molecular flexibility index (Phi) is 6.90.